The molecule has 184 valence electrons. The number of benzene rings is 2. The van der Waals surface area contributed by atoms with Crippen LogP contribution in [0.5, 0.6) is 0 Å². The lowest BCUT2D eigenvalue weighted by Crippen LogP contribution is -2.49. The fourth-order valence-corrected chi connectivity index (χ4v) is 8.17. The first-order valence-electron chi connectivity index (χ1n) is 10.7. The number of aliphatic hydroxyl groups is 1. The molecule has 0 aliphatic heterocycles. The van der Waals surface area contributed by atoms with E-state index in [-0.39, 0.29) is 39.6 Å². The Bertz CT molecular complexity index is 1200. The summed E-state index contributed by atoms with van der Waals surface area (Å²) in [6, 6.07) is 4.92. The largest absolute Gasteiger partial charge is 0.393 e. The maximum Gasteiger partial charge on any atom is 0.255 e. The molecule has 0 aromatic heterocycles. The molecule has 2 bridgehead atoms. The number of fused-ring (bicyclic) bond motifs is 2. The van der Waals surface area contributed by atoms with Crippen LogP contribution in [0, 0.1) is 29.3 Å². The van der Waals surface area contributed by atoms with Crippen LogP contribution in [0.1, 0.15) is 36.0 Å². The van der Waals surface area contributed by atoms with E-state index >= 15 is 0 Å². The maximum atomic E-state index is 13.7. The van der Waals surface area contributed by atoms with Crippen molar-refractivity contribution >= 4 is 33.0 Å². The van der Waals surface area contributed by atoms with Gasteiger partial charge in [-0.25, -0.2) is 21.6 Å². The minimum Gasteiger partial charge on any atom is -0.393 e. The third kappa shape index (κ3) is 4.32. The Kier molecular flexibility index (Phi) is 6.71. The number of carbonyl (C=O) groups is 1. The molecule has 34 heavy (non-hydrogen) atoms. The van der Waals surface area contributed by atoms with Crippen molar-refractivity contribution in [3.8, 4) is 0 Å². The minimum absolute atomic E-state index is 0.0550. The van der Waals surface area contributed by atoms with Crippen molar-refractivity contribution in [1.29, 1.82) is 0 Å². The Morgan fingerprint density at radius 2 is 1.74 bits per heavy atom. The molecule has 2 fully saturated rings. The second kappa shape index (κ2) is 9.14. The van der Waals surface area contributed by atoms with Gasteiger partial charge in [0.05, 0.1) is 27.4 Å². The summed E-state index contributed by atoms with van der Waals surface area (Å²) in [5.41, 5.74) is -1.20. The van der Waals surface area contributed by atoms with Crippen molar-refractivity contribution in [1.82, 2.24) is 0 Å². The van der Waals surface area contributed by atoms with Crippen LogP contribution in [0.25, 0.3) is 0 Å². The van der Waals surface area contributed by atoms with Crippen LogP contribution in [0.2, 0.25) is 5.02 Å². The van der Waals surface area contributed by atoms with Crippen LogP contribution >= 0.6 is 11.6 Å². The molecule has 0 saturated heterocycles. The van der Waals surface area contributed by atoms with E-state index in [1.54, 1.807) is 0 Å². The summed E-state index contributed by atoms with van der Waals surface area (Å²) in [5, 5.41) is 11.3. The number of carbonyl (C=O) groups excluding carboxylic acids is 1. The van der Waals surface area contributed by atoms with Gasteiger partial charge < -0.3 is 15.2 Å². The number of sulfone groups is 1. The molecule has 3 unspecified atom stereocenters. The smallest absolute Gasteiger partial charge is 0.255 e. The Balaban J connectivity index is 1.63. The molecule has 2 aromatic carbocycles. The zero-order valence-electron chi connectivity index (χ0n) is 18.2. The van der Waals surface area contributed by atoms with Gasteiger partial charge in [0.15, 0.2) is 27.3 Å². The predicted octanol–water partition coefficient (Wildman–Crippen LogP) is 4.35. The van der Waals surface area contributed by atoms with E-state index in [0.717, 1.165) is 6.07 Å². The van der Waals surface area contributed by atoms with E-state index in [1.807, 2.05) is 0 Å². The topological polar surface area (TPSA) is 92.7 Å². The van der Waals surface area contributed by atoms with E-state index in [9.17, 15) is 31.5 Å². The molecule has 4 rings (SSSR count). The van der Waals surface area contributed by atoms with E-state index < -0.39 is 44.0 Å². The first kappa shape index (κ1) is 25.0. The molecule has 2 aliphatic rings. The molecule has 11 heteroatoms. The minimum atomic E-state index is -3.96. The van der Waals surface area contributed by atoms with Gasteiger partial charge in [0.1, 0.15) is 0 Å². The summed E-state index contributed by atoms with van der Waals surface area (Å²) in [4.78, 5) is 12.4. The predicted molar refractivity (Wildman–Crippen MR) is 119 cm³/mol. The Hall–Kier alpha value is -2.14. The number of amides is 1. The standard InChI is InChI=1S/C23H23ClF3NO5S/c1-33-23(11-29)9-13-2-3-14(10-23)21(13)34(31,32)19-6-12(4-5-16(19)24)22(30)28-15-7-17(25)20(27)18(26)8-15/h4-8,13-14,21,29H,2-3,9-11H2,1H3,(H,28,30)/t13-,14?,21?,23?/m1/s1. The molecule has 2 saturated carbocycles. The van der Waals surface area contributed by atoms with Gasteiger partial charge in [0.2, 0.25) is 0 Å². The van der Waals surface area contributed by atoms with Crippen LogP contribution in [-0.2, 0) is 14.6 Å². The van der Waals surface area contributed by atoms with Crippen LogP contribution in [0.15, 0.2) is 35.2 Å². The molecule has 2 aromatic rings. The highest BCUT2D eigenvalue weighted by Crippen LogP contribution is 2.52. The lowest BCUT2D eigenvalue weighted by molar-refractivity contribution is -0.0903. The van der Waals surface area contributed by atoms with E-state index in [1.165, 1.54) is 19.2 Å². The summed E-state index contributed by atoms with van der Waals surface area (Å²) in [6.45, 7) is -0.204. The van der Waals surface area contributed by atoms with Crippen molar-refractivity contribution in [2.75, 3.05) is 19.0 Å². The van der Waals surface area contributed by atoms with Gasteiger partial charge in [-0.15, -0.1) is 0 Å². The number of methoxy groups -OCH3 is 1. The fourth-order valence-electron chi connectivity index (χ4n) is 5.32. The Morgan fingerprint density at radius 3 is 2.26 bits per heavy atom. The molecule has 1 amide bonds. The van der Waals surface area contributed by atoms with Gasteiger partial charge in [-0.3, -0.25) is 4.79 Å². The summed E-state index contributed by atoms with van der Waals surface area (Å²) in [5.74, 6) is -5.94. The van der Waals surface area contributed by atoms with Gasteiger partial charge in [0, 0.05) is 30.5 Å². The van der Waals surface area contributed by atoms with Crippen LogP contribution in [0.3, 0.4) is 0 Å². The number of nitrogens with one attached hydrogen (secondary N) is 1. The molecule has 0 radical (unpaired) electrons. The molecule has 0 heterocycles. The number of halogens is 4. The quantitative estimate of drug-likeness (QED) is 0.556. The monoisotopic (exact) mass is 517 g/mol. The van der Waals surface area contributed by atoms with Gasteiger partial charge >= 0.3 is 0 Å². The number of anilines is 1. The summed E-state index contributed by atoms with van der Waals surface area (Å²) < 4.78 is 73.0. The first-order chi connectivity index (χ1) is 16.0. The normalized spacial score (nSPS) is 26.5. The maximum absolute atomic E-state index is 13.7. The van der Waals surface area contributed by atoms with Gasteiger partial charge in [-0.2, -0.15) is 0 Å². The zero-order valence-corrected chi connectivity index (χ0v) is 19.7. The van der Waals surface area contributed by atoms with E-state index in [0.29, 0.717) is 37.8 Å². The summed E-state index contributed by atoms with van der Waals surface area (Å²) >= 11 is 6.23. The third-order valence-corrected chi connectivity index (χ3v) is 9.81. The summed E-state index contributed by atoms with van der Waals surface area (Å²) in [6.07, 6.45) is 2.11. The van der Waals surface area contributed by atoms with Crippen LogP contribution in [-0.4, -0.2) is 44.0 Å². The highest BCUT2D eigenvalue weighted by Gasteiger charge is 2.54. The van der Waals surface area contributed by atoms with Crippen molar-refractivity contribution in [3.63, 3.8) is 0 Å². The van der Waals surface area contributed by atoms with Crippen LogP contribution in [0.4, 0.5) is 18.9 Å². The van der Waals surface area contributed by atoms with E-state index in [2.05, 4.69) is 5.32 Å². The van der Waals surface area contributed by atoms with Crippen molar-refractivity contribution in [2.45, 2.75) is 41.4 Å². The first-order valence-corrected chi connectivity index (χ1v) is 12.6. The second-order valence-corrected chi connectivity index (χ2v) is 11.4. The van der Waals surface area contributed by atoms with Crippen molar-refractivity contribution in [2.24, 2.45) is 11.8 Å². The number of aliphatic hydroxyl groups excluding tert-OH is 1. The van der Waals surface area contributed by atoms with Crippen molar-refractivity contribution in [3.05, 3.63) is 58.4 Å². The summed E-state index contributed by atoms with van der Waals surface area (Å²) in [7, 11) is -2.46. The third-order valence-electron chi connectivity index (χ3n) is 6.93. The van der Waals surface area contributed by atoms with Crippen LogP contribution < -0.4 is 5.32 Å². The number of ether oxygens (including phenoxy) is 1. The SMILES string of the molecule is COC1(CO)CC2CC[C@H](C1)C2S(=O)(=O)c1cc(C(=O)Nc2cc(F)c(F)c(F)c2)ccc1Cl. The van der Waals surface area contributed by atoms with Gasteiger partial charge in [-0.05, 0) is 55.7 Å². The molecular formula is C23H23ClF3NO5S. The van der Waals surface area contributed by atoms with Gasteiger partial charge in [-0.1, -0.05) is 11.6 Å². The Labute approximate surface area is 200 Å². The van der Waals surface area contributed by atoms with Crippen molar-refractivity contribution < 1.29 is 36.2 Å². The number of hydrogen-bond donors (Lipinski definition) is 2. The molecule has 4 atom stereocenters. The van der Waals surface area contributed by atoms with Gasteiger partial charge in [0.25, 0.3) is 5.91 Å². The molecule has 0 spiro atoms. The Morgan fingerprint density at radius 1 is 1.15 bits per heavy atom. The highest BCUT2D eigenvalue weighted by molar-refractivity contribution is 7.92. The average Bonchev–Trinajstić information content (AvgIpc) is 3.09. The second-order valence-electron chi connectivity index (χ2n) is 8.91. The number of rotatable bonds is 6. The van der Waals surface area contributed by atoms with E-state index in [4.69, 9.17) is 16.3 Å². The molecule has 6 nitrogen and oxygen atoms in total. The number of hydrogen-bond acceptors (Lipinski definition) is 5. The lowest BCUT2D eigenvalue weighted by atomic mass is 9.77. The lowest BCUT2D eigenvalue weighted by Gasteiger charge is -2.42. The average molecular weight is 518 g/mol. The molecular weight excluding hydrogens is 495 g/mol. The molecule has 2 aliphatic carbocycles. The fraction of sp³-hybridized carbons (Fsp3) is 0.435. The molecule has 2 N–H and O–H groups in total. The highest BCUT2D eigenvalue weighted by atomic mass is 35.5. The zero-order chi connectivity index (χ0) is 24.8.